The van der Waals surface area contributed by atoms with Gasteiger partial charge in [-0.25, -0.2) is 0 Å². The second-order valence-electron chi connectivity index (χ2n) is 6.09. The summed E-state index contributed by atoms with van der Waals surface area (Å²) in [5.41, 5.74) is 1.10. The first-order valence-corrected chi connectivity index (χ1v) is 10.7. The first kappa shape index (κ1) is 25.3. The van der Waals surface area contributed by atoms with Crippen LogP contribution in [-0.4, -0.2) is 47.3 Å². The van der Waals surface area contributed by atoms with Gasteiger partial charge in [0.2, 0.25) is 0 Å². The van der Waals surface area contributed by atoms with Crippen LogP contribution in [-0.2, 0) is 16.6 Å². The van der Waals surface area contributed by atoms with Crippen LogP contribution in [0.5, 0.6) is 0 Å². The number of hydrogen-bond donors (Lipinski definition) is 3. The van der Waals surface area contributed by atoms with E-state index in [2.05, 4.69) is 22.5 Å². The van der Waals surface area contributed by atoms with Gasteiger partial charge >= 0.3 is 0 Å². The predicted octanol–water partition coefficient (Wildman–Crippen LogP) is 2.91. The van der Waals surface area contributed by atoms with E-state index in [0.717, 1.165) is 37.3 Å². The van der Waals surface area contributed by atoms with Crippen LogP contribution in [0, 0.1) is 5.92 Å². The Morgan fingerprint density at radius 1 is 1.19 bits per heavy atom. The molecule has 1 aromatic rings. The van der Waals surface area contributed by atoms with E-state index in [4.69, 9.17) is 5.11 Å². The number of nitrogens with zero attached hydrogens (tertiary/aromatic N) is 1. The summed E-state index contributed by atoms with van der Waals surface area (Å²) in [5, 5.41) is 15.6. The molecule has 26 heavy (non-hydrogen) atoms. The summed E-state index contributed by atoms with van der Waals surface area (Å²) in [5.74, 6) is 2.36. The van der Waals surface area contributed by atoms with Crippen molar-refractivity contribution in [3.05, 3.63) is 35.9 Å². The van der Waals surface area contributed by atoms with Gasteiger partial charge < -0.3 is 15.7 Å². The smallest absolute Gasteiger partial charge is 0.191 e. The van der Waals surface area contributed by atoms with E-state index < -0.39 is 10.8 Å². The summed E-state index contributed by atoms with van der Waals surface area (Å²) >= 11 is 0. The van der Waals surface area contributed by atoms with E-state index in [-0.39, 0.29) is 30.6 Å². The zero-order valence-electron chi connectivity index (χ0n) is 15.9. The van der Waals surface area contributed by atoms with Gasteiger partial charge in [-0.1, -0.05) is 43.7 Å². The summed E-state index contributed by atoms with van der Waals surface area (Å²) in [6.07, 6.45) is 2.96. The first-order valence-electron chi connectivity index (χ1n) is 9.21. The van der Waals surface area contributed by atoms with Gasteiger partial charge in [0, 0.05) is 48.5 Å². The van der Waals surface area contributed by atoms with Gasteiger partial charge in [-0.3, -0.25) is 9.20 Å². The highest BCUT2D eigenvalue weighted by atomic mass is 127. The van der Waals surface area contributed by atoms with Crippen LogP contribution in [0.2, 0.25) is 0 Å². The third kappa shape index (κ3) is 11.9. The fourth-order valence-corrected chi connectivity index (χ4v) is 3.63. The highest BCUT2D eigenvalue weighted by Gasteiger charge is 2.08. The van der Waals surface area contributed by atoms with Gasteiger partial charge in [-0.15, -0.1) is 24.0 Å². The third-order valence-electron chi connectivity index (χ3n) is 3.88. The maximum atomic E-state index is 12.2. The van der Waals surface area contributed by atoms with Crippen molar-refractivity contribution < 1.29 is 9.32 Å². The normalized spacial score (nSPS) is 13.6. The fourth-order valence-electron chi connectivity index (χ4n) is 2.60. The minimum Gasteiger partial charge on any atom is -0.396 e. The quantitative estimate of drug-likeness (QED) is 0.237. The number of nitrogens with one attached hydrogen (secondary N) is 2. The molecular weight excluding hydrogens is 461 g/mol. The molecule has 1 rings (SSSR count). The number of aliphatic imine (C=N–C) groups is 1. The monoisotopic (exact) mass is 495 g/mol. The zero-order valence-corrected chi connectivity index (χ0v) is 19.1. The van der Waals surface area contributed by atoms with Crippen molar-refractivity contribution in [3.8, 4) is 0 Å². The molecule has 7 heteroatoms. The highest BCUT2D eigenvalue weighted by molar-refractivity contribution is 14.0. The molecule has 150 valence electrons. The highest BCUT2D eigenvalue weighted by Crippen LogP contribution is 2.11. The number of rotatable bonds is 12. The average molecular weight is 495 g/mol. The van der Waals surface area contributed by atoms with Crippen molar-refractivity contribution in [2.24, 2.45) is 10.9 Å². The van der Waals surface area contributed by atoms with Gasteiger partial charge in [0.1, 0.15) is 0 Å². The van der Waals surface area contributed by atoms with Crippen LogP contribution in [0.4, 0.5) is 0 Å². The van der Waals surface area contributed by atoms with Crippen LogP contribution < -0.4 is 10.6 Å². The number of aliphatic hydroxyl groups excluding tert-OH is 1. The van der Waals surface area contributed by atoms with E-state index >= 15 is 0 Å². The van der Waals surface area contributed by atoms with Gasteiger partial charge in [0.05, 0.1) is 0 Å². The van der Waals surface area contributed by atoms with E-state index in [1.165, 1.54) is 0 Å². The molecule has 0 aliphatic rings. The molecule has 0 radical (unpaired) electrons. The average Bonchev–Trinajstić information content (AvgIpc) is 2.60. The molecule has 0 bridgehead atoms. The number of halogens is 1. The number of aliphatic hydroxyl groups is 1. The summed E-state index contributed by atoms with van der Waals surface area (Å²) in [6.45, 7) is 6.52. The number of hydrogen-bond acceptors (Lipinski definition) is 3. The van der Waals surface area contributed by atoms with Crippen molar-refractivity contribution in [2.45, 2.75) is 38.9 Å². The summed E-state index contributed by atoms with van der Waals surface area (Å²) < 4.78 is 12.2. The Morgan fingerprint density at radius 2 is 1.92 bits per heavy atom. The molecule has 2 unspecified atom stereocenters. The van der Waals surface area contributed by atoms with Gasteiger partial charge in [0.25, 0.3) is 0 Å². The van der Waals surface area contributed by atoms with Crippen LogP contribution in [0.25, 0.3) is 0 Å². The predicted molar refractivity (Wildman–Crippen MR) is 123 cm³/mol. The number of guanidine groups is 1. The Hall–Kier alpha value is -0.670. The lowest BCUT2D eigenvalue weighted by Crippen LogP contribution is -2.39. The summed E-state index contributed by atoms with van der Waals surface area (Å²) in [6, 6.07) is 9.92. The molecule has 0 heterocycles. The van der Waals surface area contributed by atoms with Crippen molar-refractivity contribution in [3.63, 3.8) is 0 Å². The van der Waals surface area contributed by atoms with Crippen LogP contribution in [0.1, 0.15) is 38.7 Å². The molecule has 0 saturated heterocycles. The van der Waals surface area contributed by atoms with Crippen LogP contribution in [0.3, 0.4) is 0 Å². The zero-order chi connectivity index (χ0) is 18.3. The molecule has 0 fully saturated rings. The Labute approximate surface area is 177 Å². The van der Waals surface area contributed by atoms with Gasteiger partial charge in [-0.05, 0) is 31.2 Å². The molecule has 0 aliphatic heterocycles. The Kier molecular flexibility index (Phi) is 16.1. The lowest BCUT2D eigenvalue weighted by molar-refractivity contribution is 0.253. The maximum Gasteiger partial charge on any atom is 0.191 e. The minimum absolute atomic E-state index is 0. The molecule has 0 saturated carbocycles. The van der Waals surface area contributed by atoms with E-state index in [9.17, 15) is 4.21 Å². The molecular formula is C19H34IN3O2S. The summed E-state index contributed by atoms with van der Waals surface area (Å²) in [7, 11) is -0.888. The SMILES string of the molecule is CCCC(CCO)CN=C(NCC)NCCS(=O)Cc1ccccc1.I. The third-order valence-corrected chi connectivity index (χ3v) is 5.19. The molecule has 0 aromatic heterocycles. The molecule has 0 amide bonds. The largest absolute Gasteiger partial charge is 0.396 e. The Morgan fingerprint density at radius 3 is 2.54 bits per heavy atom. The van der Waals surface area contributed by atoms with E-state index in [1.807, 2.05) is 37.3 Å². The maximum absolute atomic E-state index is 12.2. The molecule has 0 spiro atoms. The summed E-state index contributed by atoms with van der Waals surface area (Å²) in [4.78, 5) is 4.62. The van der Waals surface area contributed by atoms with Crippen LogP contribution in [0.15, 0.2) is 35.3 Å². The topological polar surface area (TPSA) is 73.7 Å². The van der Waals surface area contributed by atoms with Crippen molar-refractivity contribution >= 4 is 40.7 Å². The van der Waals surface area contributed by atoms with E-state index in [0.29, 0.717) is 30.5 Å². The molecule has 5 nitrogen and oxygen atoms in total. The van der Waals surface area contributed by atoms with Gasteiger partial charge in [-0.2, -0.15) is 0 Å². The van der Waals surface area contributed by atoms with Crippen molar-refractivity contribution in [1.29, 1.82) is 0 Å². The molecule has 3 N–H and O–H groups in total. The second-order valence-corrected chi connectivity index (χ2v) is 7.66. The Balaban J connectivity index is 0.00000625. The molecule has 2 atom stereocenters. The standard InChI is InChI=1S/C19H33N3O2S.HI/c1-3-8-17(11-13-23)15-22-19(20-4-2)21-12-14-25(24)16-18-9-6-5-7-10-18;/h5-7,9-10,17,23H,3-4,8,11-16H2,1-2H3,(H2,20,21,22);1H. The number of benzene rings is 1. The molecule has 0 aliphatic carbocycles. The van der Waals surface area contributed by atoms with E-state index in [1.54, 1.807) is 0 Å². The van der Waals surface area contributed by atoms with Crippen LogP contribution >= 0.6 is 24.0 Å². The lowest BCUT2D eigenvalue weighted by atomic mass is 10.0. The second kappa shape index (κ2) is 16.5. The minimum atomic E-state index is -0.888. The lowest BCUT2D eigenvalue weighted by Gasteiger charge is -2.15. The first-order chi connectivity index (χ1) is 12.2. The Bertz CT molecular complexity index is 509. The van der Waals surface area contributed by atoms with Crippen molar-refractivity contribution in [2.75, 3.05) is 32.0 Å². The van der Waals surface area contributed by atoms with Crippen molar-refractivity contribution in [1.82, 2.24) is 10.6 Å². The van der Waals surface area contributed by atoms with Gasteiger partial charge in [0.15, 0.2) is 5.96 Å². The fraction of sp³-hybridized carbons (Fsp3) is 0.632. The molecule has 1 aromatic carbocycles.